The molecule has 1 aromatic carbocycles. The fourth-order valence-corrected chi connectivity index (χ4v) is 4.23. The highest BCUT2D eigenvalue weighted by molar-refractivity contribution is 5.72. The molecule has 1 fully saturated rings. The van der Waals surface area contributed by atoms with Crippen LogP contribution in [0.3, 0.4) is 0 Å². The van der Waals surface area contributed by atoms with Crippen molar-refractivity contribution < 1.29 is 14.3 Å². The molecule has 124 valence electrons. The third kappa shape index (κ3) is 2.94. The van der Waals surface area contributed by atoms with Gasteiger partial charge in [-0.1, -0.05) is 50.6 Å². The summed E-state index contributed by atoms with van der Waals surface area (Å²) in [7, 11) is 0. The summed E-state index contributed by atoms with van der Waals surface area (Å²) >= 11 is 0. The molecule has 3 rings (SSSR count). The average molecular weight is 314 g/mol. The molecule has 1 aliphatic heterocycles. The zero-order chi connectivity index (χ0) is 16.6. The van der Waals surface area contributed by atoms with Crippen molar-refractivity contribution in [2.24, 2.45) is 23.7 Å². The number of fused-ring (bicyclic) bond motifs is 2. The molecule has 2 bridgehead atoms. The fraction of sp³-hybridized carbons (Fsp3) is 0.550. The normalized spacial score (nSPS) is 33.0. The summed E-state index contributed by atoms with van der Waals surface area (Å²) in [5, 5.41) is 0. The minimum atomic E-state index is -0.205. The Labute approximate surface area is 138 Å². The van der Waals surface area contributed by atoms with E-state index in [0.717, 1.165) is 12.2 Å². The second-order valence-electron chi connectivity index (χ2n) is 6.94. The summed E-state index contributed by atoms with van der Waals surface area (Å²) < 4.78 is 11.8. The largest absolute Gasteiger partial charge is 0.426 e. The van der Waals surface area contributed by atoms with Crippen molar-refractivity contribution in [2.75, 3.05) is 6.61 Å². The molecular weight excluding hydrogens is 288 g/mol. The number of allylic oxidation sites excluding steroid dienone is 1. The lowest BCUT2D eigenvalue weighted by Gasteiger charge is -2.47. The molecule has 1 heterocycles. The maximum Gasteiger partial charge on any atom is 0.310 e. The zero-order valence-corrected chi connectivity index (χ0v) is 14.4. The van der Waals surface area contributed by atoms with Gasteiger partial charge in [0, 0.05) is 17.9 Å². The molecule has 1 aliphatic carbocycles. The number of carbonyl (C=O) groups is 1. The Morgan fingerprint density at radius 3 is 2.78 bits per heavy atom. The summed E-state index contributed by atoms with van der Waals surface area (Å²) in [5.74, 6) is 2.50. The van der Waals surface area contributed by atoms with Gasteiger partial charge in [-0.25, -0.2) is 0 Å². The van der Waals surface area contributed by atoms with E-state index in [1.807, 2.05) is 31.2 Å². The first-order valence-electron chi connectivity index (χ1n) is 8.62. The van der Waals surface area contributed by atoms with Crippen LogP contribution in [0.2, 0.25) is 0 Å². The molecule has 0 saturated carbocycles. The first-order chi connectivity index (χ1) is 11.0. The quantitative estimate of drug-likeness (QED) is 0.467. The molecule has 0 radical (unpaired) electrons. The third-order valence-electron chi connectivity index (χ3n) is 5.50. The molecule has 0 amide bonds. The maximum absolute atomic E-state index is 11.7. The van der Waals surface area contributed by atoms with Gasteiger partial charge in [0.1, 0.15) is 5.75 Å². The highest BCUT2D eigenvalue weighted by Gasteiger charge is 2.44. The van der Waals surface area contributed by atoms with Crippen molar-refractivity contribution in [3.8, 4) is 5.75 Å². The molecule has 1 aromatic rings. The van der Waals surface area contributed by atoms with Crippen LogP contribution in [0.4, 0.5) is 0 Å². The number of rotatable bonds is 3. The van der Waals surface area contributed by atoms with Crippen LogP contribution < -0.4 is 4.74 Å². The van der Waals surface area contributed by atoms with Gasteiger partial charge in [-0.2, -0.15) is 0 Å². The van der Waals surface area contributed by atoms with Crippen molar-refractivity contribution >= 4 is 5.97 Å². The Kier molecular flexibility index (Phi) is 4.58. The van der Waals surface area contributed by atoms with Crippen molar-refractivity contribution in [3.05, 3.63) is 41.5 Å². The number of benzene rings is 1. The van der Waals surface area contributed by atoms with Crippen molar-refractivity contribution in [3.63, 3.8) is 0 Å². The van der Waals surface area contributed by atoms with Crippen molar-refractivity contribution in [1.29, 1.82) is 0 Å². The maximum atomic E-state index is 11.7. The highest BCUT2D eigenvalue weighted by Crippen LogP contribution is 2.50. The average Bonchev–Trinajstić information content (AvgIpc) is 2.53. The standard InChI is InChI=1S/C20H26O3/c1-5-18(21)23-17-9-7-6-8-15(17)20-19-13(3)10-12(2)16(11-22-20)14(19)4/h6-10,12,14,16,19-20H,5,11H2,1-4H3/t12-,14+,16+,19-,20+/m0/s1. The van der Waals surface area contributed by atoms with Gasteiger partial charge < -0.3 is 9.47 Å². The van der Waals surface area contributed by atoms with Crippen LogP contribution >= 0.6 is 0 Å². The molecule has 1 saturated heterocycles. The van der Waals surface area contributed by atoms with E-state index in [-0.39, 0.29) is 12.1 Å². The fourth-order valence-electron chi connectivity index (χ4n) is 4.23. The molecule has 0 unspecified atom stereocenters. The Balaban J connectivity index is 1.96. The predicted molar refractivity (Wildman–Crippen MR) is 90.1 cm³/mol. The van der Waals surface area contributed by atoms with Crippen molar-refractivity contribution in [1.82, 2.24) is 0 Å². The van der Waals surface area contributed by atoms with E-state index in [2.05, 4.69) is 26.8 Å². The Bertz CT molecular complexity index is 619. The van der Waals surface area contributed by atoms with Crippen LogP contribution in [0.25, 0.3) is 0 Å². The van der Waals surface area contributed by atoms with E-state index in [4.69, 9.17) is 9.47 Å². The lowest BCUT2D eigenvalue weighted by molar-refractivity contribution is -0.134. The third-order valence-corrected chi connectivity index (χ3v) is 5.50. The molecule has 5 atom stereocenters. The summed E-state index contributed by atoms with van der Waals surface area (Å²) in [6.07, 6.45) is 2.73. The van der Waals surface area contributed by atoms with E-state index in [1.54, 1.807) is 0 Å². The Morgan fingerprint density at radius 2 is 2.04 bits per heavy atom. The van der Waals surface area contributed by atoms with Gasteiger partial charge in [-0.05, 0) is 30.7 Å². The first kappa shape index (κ1) is 16.3. The van der Waals surface area contributed by atoms with Gasteiger partial charge in [0.05, 0.1) is 12.7 Å². The number of carbonyl (C=O) groups excluding carboxylic acids is 1. The van der Waals surface area contributed by atoms with Gasteiger partial charge in [-0.15, -0.1) is 0 Å². The topological polar surface area (TPSA) is 35.5 Å². The number of para-hydroxylation sites is 1. The number of ether oxygens (including phenoxy) is 2. The Morgan fingerprint density at radius 1 is 1.30 bits per heavy atom. The molecule has 0 N–H and O–H groups in total. The van der Waals surface area contributed by atoms with Gasteiger partial charge in [0.25, 0.3) is 0 Å². The van der Waals surface area contributed by atoms with E-state index in [1.165, 1.54) is 5.57 Å². The van der Waals surface area contributed by atoms with E-state index in [0.29, 0.717) is 35.8 Å². The smallest absolute Gasteiger partial charge is 0.310 e. The molecule has 23 heavy (non-hydrogen) atoms. The van der Waals surface area contributed by atoms with E-state index >= 15 is 0 Å². The van der Waals surface area contributed by atoms with Crippen LogP contribution in [0, 0.1) is 23.7 Å². The van der Waals surface area contributed by atoms with Gasteiger partial charge in [0.15, 0.2) is 0 Å². The van der Waals surface area contributed by atoms with E-state index < -0.39 is 0 Å². The summed E-state index contributed by atoms with van der Waals surface area (Å²) in [5.41, 5.74) is 2.38. The molecular formula is C20H26O3. The SMILES string of the molecule is CCC(=O)Oc1ccccc1[C@H]1OC[C@H]2[C@@H](C)[C@@H]1C(C)=C[C@@H]2C. The summed E-state index contributed by atoms with van der Waals surface area (Å²) in [6.45, 7) is 9.39. The molecule has 3 nitrogen and oxygen atoms in total. The minimum absolute atomic E-state index is 0.0362. The zero-order valence-electron chi connectivity index (χ0n) is 14.4. The van der Waals surface area contributed by atoms with Crippen molar-refractivity contribution in [2.45, 2.75) is 40.2 Å². The second kappa shape index (κ2) is 6.48. The van der Waals surface area contributed by atoms with Gasteiger partial charge in [0.2, 0.25) is 0 Å². The summed E-state index contributed by atoms with van der Waals surface area (Å²) in [4.78, 5) is 11.7. The predicted octanol–water partition coefficient (Wildman–Crippen LogP) is 4.54. The van der Waals surface area contributed by atoms with Gasteiger partial charge >= 0.3 is 5.97 Å². The second-order valence-corrected chi connectivity index (χ2v) is 6.94. The van der Waals surface area contributed by atoms with E-state index in [9.17, 15) is 4.79 Å². The number of hydrogen-bond acceptors (Lipinski definition) is 3. The highest BCUT2D eigenvalue weighted by atomic mass is 16.5. The molecule has 0 aromatic heterocycles. The summed E-state index contributed by atoms with van der Waals surface area (Å²) in [6, 6.07) is 7.79. The van der Waals surface area contributed by atoms with Crippen LogP contribution in [-0.2, 0) is 9.53 Å². The molecule has 2 aliphatic rings. The first-order valence-corrected chi connectivity index (χ1v) is 8.62. The van der Waals surface area contributed by atoms with Gasteiger partial charge in [-0.3, -0.25) is 4.79 Å². The number of hydrogen-bond donors (Lipinski definition) is 0. The van der Waals surface area contributed by atoms with Crippen LogP contribution in [0.5, 0.6) is 5.75 Å². The van der Waals surface area contributed by atoms with Crippen LogP contribution in [0.15, 0.2) is 35.9 Å². The van der Waals surface area contributed by atoms with Crippen LogP contribution in [0.1, 0.15) is 45.8 Å². The monoisotopic (exact) mass is 314 g/mol. The van der Waals surface area contributed by atoms with Crippen LogP contribution in [-0.4, -0.2) is 12.6 Å². The minimum Gasteiger partial charge on any atom is -0.426 e. The molecule has 3 heteroatoms. The lowest BCUT2D eigenvalue weighted by Crippen LogP contribution is -2.42. The Hall–Kier alpha value is -1.61. The number of esters is 1. The molecule has 0 spiro atoms. The lowest BCUT2D eigenvalue weighted by atomic mass is 9.64.